The van der Waals surface area contributed by atoms with E-state index in [1.54, 1.807) is 0 Å². The summed E-state index contributed by atoms with van der Waals surface area (Å²) in [6.07, 6.45) is 3.43. The van der Waals surface area contributed by atoms with Crippen molar-refractivity contribution in [1.29, 1.82) is 0 Å². The van der Waals surface area contributed by atoms with Crippen LogP contribution in [-0.4, -0.2) is 21.3 Å². The molecule has 0 fully saturated rings. The van der Waals surface area contributed by atoms with Gasteiger partial charge in [0, 0.05) is 6.07 Å². The Morgan fingerprint density at radius 1 is 1.24 bits per heavy atom. The Bertz CT molecular complexity index is 385. The lowest BCUT2D eigenvalue weighted by Gasteiger charge is -2.08. The van der Waals surface area contributed by atoms with Crippen molar-refractivity contribution in [3.05, 3.63) is 23.3 Å². The van der Waals surface area contributed by atoms with Crippen LogP contribution in [0.15, 0.2) is 12.1 Å². The van der Waals surface area contributed by atoms with E-state index >= 15 is 0 Å². The minimum atomic E-state index is -1.16. The quantitative estimate of drug-likeness (QED) is 0.691. The van der Waals surface area contributed by atoms with Crippen LogP contribution < -0.4 is 0 Å². The van der Waals surface area contributed by atoms with E-state index in [-0.39, 0.29) is 24.5 Å². The highest BCUT2D eigenvalue weighted by Gasteiger charge is 2.16. The molecule has 0 spiro atoms. The number of phenols is 2. The van der Waals surface area contributed by atoms with Crippen LogP contribution in [0.2, 0.25) is 0 Å². The van der Waals surface area contributed by atoms with E-state index in [2.05, 4.69) is 6.92 Å². The number of phenolic OH excluding ortho intramolecular Hbond substituents is 1. The van der Waals surface area contributed by atoms with Gasteiger partial charge in [-0.05, 0) is 24.5 Å². The van der Waals surface area contributed by atoms with Crippen LogP contribution in [-0.2, 0) is 6.42 Å². The molecule has 0 aliphatic heterocycles. The van der Waals surface area contributed by atoms with Gasteiger partial charge in [0.2, 0.25) is 0 Å². The Balaban J connectivity index is 0.00000256. The first-order valence-electron chi connectivity index (χ1n) is 5.34. The summed E-state index contributed by atoms with van der Waals surface area (Å²) in [5, 5.41) is 27.7. The van der Waals surface area contributed by atoms with E-state index in [0.29, 0.717) is 12.0 Å². The molecule has 0 radical (unpaired) electrons. The molecule has 0 saturated heterocycles. The Labute approximate surface area is 102 Å². The number of unbranched alkanes of at least 4 members (excludes halogenated alkanes) is 2. The maximum Gasteiger partial charge on any atom is 0.339 e. The summed E-state index contributed by atoms with van der Waals surface area (Å²) in [4.78, 5) is 10.9. The molecule has 0 atom stereocenters. The molecule has 0 saturated carbocycles. The fourth-order valence-electron chi connectivity index (χ4n) is 1.68. The van der Waals surface area contributed by atoms with Crippen molar-refractivity contribution in [3.63, 3.8) is 0 Å². The monoisotopic (exact) mass is 240 g/mol. The lowest BCUT2D eigenvalue weighted by molar-refractivity contribution is 0.0692. The van der Waals surface area contributed by atoms with Crippen molar-refractivity contribution in [2.45, 2.75) is 40.0 Å². The summed E-state index contributed by atoms with van der Waals surface area (Å²) in [7, 11) is 0. The molecule has 4 nitrogen and oxygen atoms in total. The smallest absolute Gasteiger partial charge is 0.339 e. The molecule has 1 aromatic rings. The molecular weight excluding hydrogens is 220 g/mol. The van der Waals surface area contributed by atoms with Crippen molar-refractivity contribution in [2.75, 3.05) is 0 Å². The molecule has 0 unspecified atom stereocenters. The number of aryl methyl sites for hydroxylation is 1. The number of aromatic carboxylic acids is 1. The summed E-state index contributed by atoms with van der Waals surface area (Å²) >= 11 is 0. The van der Waals surface area contributed by atoms with E-state index < -0.39 is 5.97 Å². The summed E-state index contributed by atoms with van der Waals surface area (Å²) in [5.74, 6) is -1.64. The maximum atomic E-state index is 10.9. The molecule has 4 heteroatoms. The third-order valence-corrected chi connectivity index (χ3v) is 2.45. The predicted octanol–water partition coefficient (Wildman–Crippen LogP) is 3.16. The van der Waals surface area contributed by atoms with Gasteiger partial charge in [-0.15, -0.1) is 0 Å². The Morgan fingerprint density at radius 2 is 1.88 bits per heavy atom. The highest BCUT2D eigenvalue weighted by Crippen LogP contribution is 2.28. The normalized spacial score (nSPS) is 9.71. The predicted molar refractivity (Wildman–Crippen MR) is 66.7 cm³/mol. The van der Waals surface area contributed by atoms with Crippen molar-refractivity contribution >= 4 is 5.97 Å². The maximum absolute atomic E-state index is 10.9. The van der Waals surface area contributed by atoms with Gasteiger partial charge < -0.3 is 15.3 Å². The number of carboxylic acid groups (broad SMARTS) is 1. The summed E-state index contributed by atoms with van der Waals surface area (Å²) in [5.41, 5.74) is 0.382. The number of rotatable bonds is 5. The Hall–Kier alpha value is -1.71. The number of hydrogen-bond donors (Lipinski definition) is 3. The molecule has 0 aliphatic carbocycles. The Kier molecular flexibility index (Phi) is 6.10. The second kappa shape index (κ2) is 6.78. The van der Waals surface area contributed by atoms with Crippen molar-refractivity contribution in [3.8, 4) is 11.5 Å². The molecule has 1 aromatic carbocycles. The lowest BCUT2D eigenvalue weighted by atomic mass is 10.00. The number of benzene rings is 1. The molecule has 0 aromatic heterocycles. The highest BCUT2D eigenvalue weighted by molar-refractivity contribution is 5.92. The minimum absolute atomic E-state index is 0. The van der Waals surface area contributed by atoms with E-state index in [1.807, 2.05) is 0 Å². The van der Waals surface area contributed by atoms with Crippen LogP contribution in [0.4, 0.5) is 0 Å². The van der Waals surface area contributed by atoms with Crippen LogP contribution in [0.25, 0.3) is 0 Å². The topological polar surface area (TPSA) is 77.8 Å². The van der Waals surface area contributed by atoms with Gasteiger partial charge in [-0.3, -0.25) is 0 Å². The van der Waals surface area contributed by atoms with Crippen molar-refractivity contribution in [2.24, 2.45) is 0 Å². The first-order chi connectivity index (χ1) is 7.56. The summed E-state index contributed by atoms with van der Waals surface area (Å²) < 4.78 is 0. The third kappa shape index (κ3) is 3.98. The zero-order valence-electron chi connectivity index (χ0n) is 9.23. The molecule has 0 amide bonds. The third-order valence-electron chi connectivity index (χ3n) is 2.45. The Morgan fingerprint density at radius 3 is 2.41 bits per heavy atom. The van der Waals surface area contributed by atoms with Gasteiger partial charge >= 0.3 is 5.97 Å². The van der Waals surface area contributed by atoms with Crippen LogP contribution >= 0.6 is 0 Å². The SMILES string of the molecule is C.CCCCCc1cc(O)cc(O)c1C(=O)O. The standard InChI is InChI=1S/C12H16O4.CH4/c1-2-3-4-5-8-6-9(13)7-10(14)11(8)12(15)16;/h6-7,13-14H,2-5H2,1H3,(H,15,16);1H4. The zero-order valence-corrected chi connectivity index (χ0v) is 9.23. The van der Waals surface area contributed by atoms with Gasteiger partial charge in [0.1, 0.15) is 17.1 Å². The van der Waals surface area contributed by atoms with Gasteiger partial charge in [0.25, 0.3) is 0 Å². The minimum Gasteiger partial charge on any atom is -0.508 e. The molecule has 0 bridgehead atoms. The second-order valence-electron chi connectivity index (χ2n) is 3.76. The molecule has 0 heterocycles. The molecule has 0 aliphatic rings. The summed E-state index contributed by atoms with van der Waals surface area (Å²) in [6.45, 7) is 2.05. The molecule has 3 N–H and O–H groups in total. The lowest BCUT2D eigenvalue weighted by Crippen LogP contribution is -2.03. The van der Waals surface area contributed by atoms with Crippen LogP contribution in [0, 0.1) is 0 Å². The number of carboxylic acids is 1. The van der Waals surface area contributed by atoms with E-state index in [9.17, 15) is 15.0 Å². The highest BCUT2D eigenvalue weighted by atomic mass is 16.4. The largest absolute Gasteiger partial charge is 0.508 e. The van der Waals surface area contributed by atoms with E-state index in [1.165, 1.54) is 6.07 Å². The van der Waals surface area contributed by atoms with Crippen LogP contribution in [0.3, 0.4) is 0 Å². The van der Waals surface area contributed by atoms with Gasteiger partial charge in [-0.2, -0.15) is 0 Å². The fourth-order valence-corrected chi connectivity index (χ4v) is 1.68. The molecule has 17 heavy (non-hydrogen) atoms. The average molecular weight is 240 g/mol. The van der Waals surface area contributed by atoms with Crippen LogP contribution in [0.1, 0.15) is 49.5 Å². The fraction of sp³-hybridized carbons (Fsp3) is 0.462. The second-order valence-corrected chi connectivity index (χ2v) is 3.76. The number of carbonyl (C=O) groups is 1. The van der Waals surface area contributed by atoms with Gasteiger partial charge in [-0.1, -0.05) is 27.2 Å². The van der Waals surface area contributed by atoms with Crippen molar-refractivity contribution in [1.82, 2.24) is 0 Å². The molecular formula is C13H20O4. The van der Waals surface area contributed by atoms with Crippen molar-refractivity contribution < 1.29 is 20.1 Å². The van der Waals surface area contributed by atoms with E-state index in [0.717, 1.165) is 25.3 Å². The first kappa shape index (κ1) is 15.3. The zero-order chi connectivity index (χ0) is 12.1. The molecule has 1 rings (SSSR count). The van der Waals surface area contributed by atoms with Gasteiger partial charge in [0.05, 0.1) is 0 Å². The van der Waals surface area contributed by atoms with Gasteiger partial charge in [-0.25, -0.2) is 4.79 Å². The first-order valence-corrected chi connectivity index (χ1v) is 5.34. The number of hydrogen-bond acceptors (Lipinski definition) is 3. The summed E-state index contributed by atoms with van der Waals surface area (Å²) in [6, 6.07) is 2.45. The van der Waals surface area contributed by atoms with Crippen LogP contribution in [0.5, 0.6) is 11.5 Å². The van der Waals surface area contributed by atoms with E-state index in [4.69, 9.17) is 5.11 Å². The average Bonchev–Trinajstić information content (AvgIpc) is 2.16. The molecule has 96 valence electrons. The van der Waals surface area contributed by atoms with Gasteiger partial charge in [0.15, 0.2) is 0 Å². The number of aromatic hydroxyl groups is 2.